The van der Waals surface area contributed by atoms with Gasteiger partial charge in [-0.3, -0.25) is 0 Å². The molecule has 0 bridgehead atoms. The van der Waals surface area contributed by atoms with E-state index in [0.29, 0.717) is 0 Å². The second kappa shape index (κ2) is 13.1. The molecule has 0 saturated heterocycles. The van der Waals surface area contributed by atoms with E-state index < -0.39 is 0 Å². The molecule has 0 aliphatic heterocycles. The van der Waals surface area contributed by atoms with Crippen LogP contribution in [-0.2, 0) is 10.8 Å². The van der Waals surface area contributed by atoms with Gasteiger partial charge in [-0.15, -0.1) is 0 Å². The number of methoxy groups -OCH3 is 2. The van der Waals surface area contributed by atoms with E-state index in [9.17, 15) is 0 Å². The van der Waals surface area contributed by atoms with Crippen LogP contribution in [0.1, 0.15) is 55.0 Å². The van der Waals surface area contributed by atoms with Gasteiger partial charge in [0.05, 0.1) is 14.2 Å². The molecule has 0 heterocycles. The van der Waals surface area contributed by atoms with Crippen molar-refractivity contribution in [3.05, 3.63) is 167 Å². The summed E-state index contributed by atoms with van der Waals surface area (Å²) >= 11 is 0. The minimum absolute atomic E-state index is 0.0192. The van der Waals surface area contributed by atoms with E-state index in [2.05, 4.69) is 160 Å². The Kier molecular flexibility index (Phi) is 8.65. The summed E-state index contributed by atoms with van der Waals surface area (Å²) in [7, 11) is 3.41. The van der Waals surface area contributed by atoms with Crippen molar-refractivity contribution in [2.45, 2.75) is 51.9 Å². The normalized spacial score (nSPS) is 16.1. The van der Waals surface area contributed by atoms with Gasteiger partial charge in [-0.1, -0.05) is 74.4 Å². The molecule has 6 aromatic carbocycles. The molecule has 7 rings (SSSR count). The maximum Gasteiger partial charge on any atom is 0.119 e. The summed E-state index contributed by atoms with van der Waals surface area (Å²) in [5.74, 6) is 1.69. The molecular weight excluding hydrogens is 613 g/mol. The predicted molar refractivity (Wildman–Crippen MR) is 209 cm³/mol. The molecule has 0 aromatic heterocycles. The lowest BCUT2D eigenvalue weighted by Gasteiger charge is -2.30. The molecule has 252 valence electrons. The third kappa shape index (κ3) is 6.11. The van der Waals surface area contributed by atoms with Crippen LogP contribution in [-0.4, -0.2) is 14.2 Å². The maximum absolute atomic E-state index is 5.48. The van der Waals surface area contributed by atoms with Crippen molar-refractivity contribution in [1.82, 2.24) is 0 Å². The molecule has 0 spiro atoms. The Morgan fingerprint density at radius 3 is 1.22 bits per heavy atom. The molecule has 0 amide bonds. The molecule has 1 unspecified atom stereocenters. The number of aryl methyl sites for hydroxylation is 2. The van der Waals surface area contributed by atoms with Crippen LogP contribution in [0, 0.1) is 13.8 Å². The van der Waals surface area contributed by atoms with Crippen LogP contribution < -0.4 is 19.3 Å². The number of rotatable bonds is 9. The minimum Gasteiger partial charge on any atom is -0.497 e. The fraction of sp³-hybridized carbons (Fsp3) is 0.217. The number of anilines is 6. The van der Waals surface area contributed by atoms with Crippen LogP contribution in [0.15, 0.2) is 140 Å². The molecule has 4 nitrogen and oxygen atoms in total. The fourth-order valence-electron chi connectivity index (χ4n) is 7.77. The Balaban J connectivity index is 1.27. The zero-order chi connectivity index (χ0) is 35.0. The van der Waals surface area contributed by atoms with Gasteiger partial charge in [-0.2, -0.15) is 0 Å². The van der Waals surface area contributed by atoms with Crippen molar-refractivity contribution in [1.29, 1.82) is 0 Å². The van der Waals surface area contributed by atoms with Gasteiger partial charge >= 0.3 is 0 Å². The van der Waals surface area contributed by atoms with E-state index in [1.807, 2.05) is 24.3 Å². The van der Waals surface area contributed by atoms with Gasteiger partial charge in [0.25, 0.3) is 0 Å². The van der Waals surface area contributed by atoms with Crippen LogP contribution in [0.3, 0.4) is 0 Å². The average molecular weight is 659 g/mol. The molecule has 1 aliphatic carbocycles. The Labute approximate surface area is 297 Å². The minimum atomic E-state index is -0.139. The lowest BCUT2D eigenvalue weighted by molar-refractivity contribution is 0.414. The van der Waals surface area contributed by atoms with Crippen molar-refractivity contribution in [2.24, 2.45) is 0 Å². The molecule has 0 fully saturated rings. The largest absolute Gasteiger partial charge is 0.497 e. The van der Waals surface area contributed by atoms with Gasteiger partial charge in [0.1, 0.15) is 11.5 Å². The molecule has 6 aromatic rings. The number of fused-ring (bicyclic) bond motifs is 1. The van der Waals surface area contributed by atoms with E-state index in [1.54, 1.807) is 14.2 Å². The zero-order valence-electron chi connectivity index (χ0n) is 30.2. The van der Waals surface area contributed by atoms with E-state index in [0.717, 1.165) is 52.0 Å². The summed E-state index contributed by atoms with van der Waals surface area (Å²) in [5.41, 5.74) is 13.1. The highest BCUT2D eigenvalue weighted by Gasteiger charge is 2.46. The summed E-state index contributed by atoms with van der Waals surface area (Å²) in [6.45, 7) is 11.5. The number of nitrogens with zero attached hydrogens (tertiary/aromatic N) is 2. The standard InChI is InChI=1S/C46H46N2O2/c1-32-8-14-35(15-9-32)47(38-20-25-41(49-6)26-21-38)37-18-12-34(13-19-37)46(5)31-45(3,4)44-30-40(24-29-43(44)46)48(36-16-10-33(2)11-17-36)39-22-27-42(50-7)28-23-39/h8-30H,31H2,1-7H3. The highest BCUT2D eigenvalue weighted by molar-refractivity contribution is 5.79. The molecule has 0 radical (unpaired) electrons. The first kappa shape index (κ1) is 33.0. The molecule has 50 heavy (non-hydrogen) atoms. The van der Waals surface area contributed by atoms with Crippen molar-refractivity contribution in [2.75, 3.05) is 24.0 Å². The maximum atomic E-state index is 5.48. The highest BCUT2D eigenvalue weighted by Crippen LogP contribution is 2.54. The third-order valence-electron chi connectivity index (χ3n) is 10.4. The number of ether oxygens (including phenoxy) is 2. The molecule has 0 N–H and O–H groups in total. The first-order valence-corrected chi connectivity index (χ1v) is 17.4. The molecule has 0 saturated carbocycles. The number of hydrogen-bond donors (Lipinski definition) is 0. The fourth-order valence-corrected chi connectivity index (χ4v) is 7.77. The highest BCUT2D eigenvalue weighted by atomic mass is 16.5. The van der Waals surface area contributed by atoms with E-state index in [-0.39, 0.29) is 10.8 Å². The van der Waals surface area contributed by atoms with Crippen molar-refractivity contribution in [3.8, 4) is 11.5 Å². The smallest absolute Gasteiger partial charge is 0.119 e. The molecule has 4 heteroatoms. The summed E-state index contributed by atoms with van der Waals surface area (Å²) < 4.78 is 10.9. The van der Waals surface area contributed by atoms with Crippen molar-refractivity contribution in [3.63, 3.8) is 0 Å². The summed E-state index contributed by atoms with van der Waals surface area (Å²) in [4.78, 5) is 4.65. The Morgan fingerprint density at radius 2 is 0.800 bits per heavy atom. The van der Waals surface area contributed by atoms with Crippen LogP contribution in [0.25, 0.3) is 0 Å². The Bertz CT molecular complexity index is 2080. The lowest BCUT2D eigenvalue weighted by atomic mass is 9.75. The van der Waals surface area contributed by atoms with Gasteiger partial charge in [-0.25, -0.2) is 0 Å². The van der Waals surface area contributed by atoms with Gasteiger partial charge in [0.15, 0.2) is 0 Å². The van der Waals surface area contributed by atoms with Gasteiger partial charge < -0.3 is 19.3 Å². The van der Waals surface area contributed by atoms with Crippen LogP contribution in [0.4, 0.5) is 34.1 Å². The van der Waals surface area contributed by atoms with Crippen LogP contribution in [0.2, 0.25) is 0 Å². The molecular formula is C46H46N2O2. The van der Waals surface area contributed by atoms with Gasteiger partial charge in [-0.05, 0) is 139 Å². The average Bonchev–Trinajstić information content (AvgIpc) is 3.35. The summed E-state index contributed by atoms with van der Waals surface area (Å²) in [5, 5.41) is 0. The van der Waals surface area contributed by atoms with Crippen molar-refractivity contribution < 1.29 is 9.47 Å². The Morgan fingerprint density at radius 1 is 0.440 bits per heavy atom. The van der Waals surface area contributed by atoms with Crippen molar-refractivity contribution >= 4 is 34.1 Å². The SMILES string of the molecule is COc1ccc(N(c2ccc(C)cc2)c2ccc(C3(C)CC(C)(C)c4cc(N(c5ccc(C)cc5)c5ccc(OC)cc5)ccc43)cc2)cc1. The monoisotopic (exact) mass is 658 g/mol. The second-order valence-electron chi connectivity index (χ2n) is 14.4. The first-order chi connectivity index (χ1) is 24.1. The number of benzene rings is 6. The number of hydrogen-bond acceptors (Lipinski definition) is 4. The lowest BCUT2D eigenvalue weighted by Crippen LogP contribution is -2.23. The topological polar surface area (TPSA) is 24.9 Å². The summed E-state index contributed by atoms with van der Waals surface area (Å²) in [6, 6.07) is 50.4. The van der Waals surface area contributed by atoms with Crippen LogP contribution >= 0.6 is 0 Å². The quantitative estimate of drug-likeness (QED) is 0.154. The molecule has 1 atom stereocenters. The summed E-state index contributed by atoms with van der Waals surface area (Å²) in [6.07, 6.45) is 1.02. The van der Waals surface area contributed by atoms with Gasteiger partial charge in [0, 0.05) is 39.5 Å². The second-order valence-corrected chi connectivity index (χ2v) is 14.4. The van der Waals surface area contributed by atoms with Gasteiger partial charge in [0.2, 0.25) is 0 Å². The Hall–Kier alpha value is -5.48. The van der Waals surface area contributed by atoms with E-state index in [1.165, 1.54) is 27.8 Å². The van der Waals surface area contributed by atoms with Crippen LogP contribution in [0.5, 0.6) is 11.5 Å². The molecule has 1 aliphatic rings. The first-order valence-electron chi connectivity index (χ1n) is 17.4. The predicted octanol–water partition coefficient (Wildman–Crippen LogP) is 12.2. The van der Waals surface area contributed by atoms with E-state index in [4.69, 9.17) is 9.47 Å². The zero-order valence-corrected chi connectivity index (χ0v) is 30.2. The van der Waals surface area contributed by atoms with E-state index >= 15 is 0 Å². The third-order valence-corrected chi connectivity index (χ3v) is 10.4.